The minimum absolute atomic E-state index is 0.167. The van der Waals surface area contributed by atoms with E-state index in [4.69, 9.17) is 40.0 Å². The summed E-state index contributed by atoms with van der Waals surface area (Å²) >= 11 is 6.56. The topological polar surface area (TPSA) is 75.6 Å². The number of alkyl halides is 1. The van der Waals surface area contributed by atoms with Crippen molar-refractivity contribution in [3.8, 4) is 0 Å². The molecule has 2 aliphatic rings. The van der Waals surface area contributed by atoms with Gasteiger partial charge in [0.05, 0.1) is 50.6 Å². The van der Waals surface area contributed by atoms with Crippen LogP contribution in [0.4, 0.5) is 0 Å². The molecule has 4 aromatic carbocycles. The number of aliphatic hydroxyl groups excluding tert-OH is 1. The van der Waals surface area contributed by atoms with Gasteiger partial charge in [0.25, 0.3) is 0 Å². The third kappa shape index (κ3) is 8.87. The summed E-state index contributed by atoms with van der Waals surface area (Å²) in [7, 11) is 0. The highest BCUT2D eigenvalue weighted by Gasteiger charge is 2.54. The van der Waals surface area contributed by atoms with E-state index in [-0.39, 0.29) is 12.5 Å². The second-order valence-electron chi connectivity index (χ2n) is 12.2. The van der Waals surface area contributed by atoms with Gasteiger partial charge in [0.15, 0.2) is 6.29 Å². The third-order valence-electron chi connectivity index (χ3n) is 8.83. The molecule has 248 valence electrons. The van der Waals surface area contributed by atoms with Crippen molar-refractivity contribution in [3.63, 3.8) is 0 Å². The first-order chi connectivity index (χ1) is 23.1. The van der Waals surface area contributed by atoms with Crippen LogP contribution < -0.4 is 0 Å². The van der Waals surface area contributed by atoms with Gasteiger partial charge >= 0.3 is 0 Å². The Morgan fingerprint density at radius 3 is 1.47 bits per heavy atom. The van der Waals surface area contributed by atoms with E-state index in [0.29, 0.717) is 26.4 Å². The predicted octanol–water partition coefficient (Wildman–Crippen LogP) is 6.69. The Hall–Kier alpha value is -3.11. The number of ether oxygens (including phenoxy) is 6. The highest BCUT2D eigenvalue weighted by molar-refractivity contribution is 6.22. The Bertz CT molecular complexity index is 1450. The molecule has 1 saturated carbocycles. The maximum Gasteiger partial charge on any atom is 0.187 e. The van der Waals surface area contributed by atoms with Crippen LogP contribution in [-0.2, 0) is 54.8 Å². The van der Waals surface area contributed by atoms with Gasteiger partial charge < -0.3 is 33.5 Å². The molecular formula is C39H43ClO7. The van der Waals surface area contributed by atoms with Crippen LogP contribution in [0.2, 0.25) is 0 Å². The van der Waals surface area contributed by atoms with Crippen molar-refractivity contribution in [3.05, 3.63) is 144 Å². The van der Waals surface area contributed by atoms with E-state index in [1.54, 1.807) is 0 Å². The molecule has 1 heterocycles. The summed E-state index contributed by atoms with van der Waals surface area (Å²) < 4.78 is 39.7. The minimum atomic E-state index is -0.859. The van der Waals surface area contributed by atoms with Gasteiger partial charge in [0.1, 0.15) is 24.4 Å². The molecule has 0 radical (unpaired) electrons. The van der Waals surface area contributed by atoms with Crippen LogP contribution in [0.25, 0.3) is 0 Å². The van der Waals surface area contributed by atoms with E-state index in [0.717, 1.165) is 22.3 Å². The van der Waals surface area contributed by atoms with Crippen LogP contribution in [0.15, 0.2) is 121 Å². The Balaban J connectivity index is 1.30. The first-order valence-corrected chi connectivity index (χ1v) is 16.7. The fraction of sp³-hybridized carbons (Fsp3) is 0.385. The number of hydrogen-bond acceptors (Lipinski definition) is 7. The van der Waals surface area contributed by atoms with Crippen molar-refractivity contribution in [2.45, 2.75) is 81.6 Å². The van der Waals surface area contributed by atoms with Crippen molar-refractivity contribution in [1.82, 2.24) is 0 Å². The molecule has 0 bridgehead atoms. The second-order valence-corrected chi connectivity index (χ2v) is 12.7. The van der Waals surface area contributed by atoms with Crippen LogP contribution in [0.1, 0.15) is 29.2 Å². The number of halogens is 1. The van der Waals surface area contributed by atoms with E-state index in [1.807, 2.05) is 128 Å². The van der Waals surface area contributed by atoms with Crippen molar-refractivity contribution in [1.29, 1.82) is 0 Å². The molecule has 4 aromatic rings. The normalized spacial score (nSPS) is 28.9. The average Bonchev–Trinajstić information content (AvgIpc) is 3.13. The third-order valence-corrected chi connectivity index (χ3v) is 9.34. The molecule has 1 aliphatic heterocycles. The van der Waals surface area contributed by atoms with Crippen LogP contribution in [0.3, 0.4) is 0 Å². The zero-order valence-corrected chi connectivity index (χ0v) is 27.3. The summed E-state index contributed by atoms with van der Waals surface area (Å²) in [5, 5.41) is 9.85. The summed E-state index contributed by atoms with van der Waals surface area (Å²) in [6, 6.07) is 40.0. The Kier molecular flexibility index (Phi) is 12.1. The minimum Gasteiger partial charge on any atom is -0.391 e. The standard InChI is InChI=1S/C39H43ClO7/c1-27-34(41)33(40)35(27)47-39-38(45-25-31-20-12-5-13-21-31)37(44-24-30-18-10-4-11-19-30)36(43-23-29-16-8-3-9-17-29)32(46-39)26-42-22-28-14-6-2-7-15-28/h2-21,27,32-39,41H,22-26H2,1H3/t27-,32+,33-,34+,35-,36-,37-,38+,39-/m0/s1. The fourth-order valence-electron chi connectivity index (χ4n) is 6.03. The summed E-state index contributed by atoms with van der Waals surface area (Å²) in [6.07, 6.45) is -4.35. The van der Waals surface area contributed by atoms with Crippen LogP contribution in [0, 0.1) is 5.92 Å². The lowest BCUT2D eigenvalue weighted by molar-refractivity contribution is -0.347. The number of hydrogen-bond donors (Lipinski definition) is 1. The number of aliphatic hydroxyl groups is 1. The molecule has 47 heavy (non-hydrogen) atoms. The number of rotatable bonds is 15. The SMILES string of the molecule is C[C@H]1[C@@H](O)[C@H](Cl)[C@H]1O[C@@H]1O[C@H](COCc2ccccc2)[C@H](OCc2ccccc2)[C@H](OCc2ccccc2)[C@H]1OCc1ccccc1. The van der Waals surface area contributed by atoms with E-state index in [9.17, 15) is 5.11 Å². The molecule has 0 unspecified atom stereocenters. The zero-order valence-electron chi connectivity index (χ0n) is 26.6. The summed E-state index contributed by atoms with van der Waals surface area (Å²) in [5.41, 5.74) is 4.11. The first-order valence-electron chi connectivity index (χ1n) is 16.3. The van der Waals surface area contributed by atoms with E-state index >= 15 is 0 Å². The van der Waals surface area contributed by atoms with Crippen LogP contribution in [0.5, 0.6) is 0 Å². The molecule has 6 rings (SSSR count). The molecular weight excluding hydrogens is 616 g/mol. The molecule has 7 nitrogen and oxygen atoms in total. The van der Waals surface area contributed by atoms with Crippen molar-refractivity contribution >= 4 is 11.6 Å². The van der Waals surface area contributed by atoms with Gasteiger partial charge in [0, 0.05) is 5.92 Å². The molecule has 1 N–H and O–H groups in total. The monoisotopic (exact) mass is 658 g/mol. The molecule has 1 aliphatic carbocycles. The largest absolute Gasteiger partial charge is 0.391 e. The molecule has 9 atom stereocenters. The van der Waals surface area contributed by atoms with Crippen LogP contribution in [-0.4, -0.2) is 60.0 Å². The lowest BCUT2D eigenvalue weighted by Gasteiger charge is -2.50. The molecule has 0 spiro atoms. The Labute approximate surface area is 282 Å². The number of benzene rings is 4. The Morgan fingerprint density at radius 1 is 0.574 bits per heavy atom. The lowest BCUT2D eigenvalue weighted by Crippen LogP contribution is -2.65. The average molecular weight is 659 g/mol. The van der Waals surface area contributed by atoms with Gasteiger partial charge in [-0.25, -0.2) is 0 Å². The lowest BCUT2D eigenvalue weighted by atomic mass is 9.79. The van der Waals surface area contributed by atoms with Gasteiger partial charge in [-0.3, -0.25) is 0 Å². The van der Waals surface area contributed by atoms with Gasteiger partial charge in [-0.15, -0.1) is 11.6 Å². The summed E-state index contributed by atoms with van der Waals surface area (Å²) in [5.74, 6) is -0.167. The van der Waals surface area contributed by atoms with Crippen molar-refractivity contribution in [2.24, 2.45) is 5.92 Å². The smallest absolute Gasteiger partial charge is 0.187 e. The van der Waals surface area contributed by atoms with E-state index in [2.05, 4.69) is 0 Å². The van der Waals surface area contributed by atoms with Gasteiger partial charge in [-0.1, -0.05) is 128 Å². The first kappa shape index (κ1) is 33.8. The van der Waals surface area contributed by atoms with Crippen molar-refractivity contribution in [2.75, 3.05) is 6.61 Å². The van der Waals surface area contributed by atoms with Gasteiger partial charge in [-0.2, -0.15) is 0 Å². The highest BCUT2D eigenvalue weighted by Crippen LogP contribution is 2.39. The molecule has 1 saturated heterocycles. The van der Waals surface area contributed by atoms with E-state index < -0.39 is 48.3 Å². The summed E-state index contributed by atoms with van der Waals surface area (Å²) in [6.45, 7) is 3.57. The second kappa shape index (κ2) is 16.8. The summed E-state index contributed by atoms with van der Waals surface area (Å²) in [4.78, 5) is 0. The molecule has 2 fully saturated rings. The maximum absolute atomic E-state index is 10.4. The maximum atomic E-state index is 10.4. The molecule has 0 aromatic heterocycles. The van der Waals surface area contributed by atoms with Crippen LogP contribution >= 0.6 is 11.6 Å². The molecule has 0 amide bonds. The quantitative estimate of drug-likeness (QED) is 0.143. The fourth-order valence-corrected chi connectivity index (χ4v) is 6.55. The Morgan fingerprint density at radius 2 is 1.00 bits per heavy atom. The molecule has 8 heteroatoms. The van der Waals surface area contributed by atoms with Gasteiger partial charge in [0.2, 0.25) is 0 Å². The van der Waals surface area contributed by atoms with E-state index in [1.165, 1.54) is 0 Å². The van der Waals surface area contributed by atoms with Crippen molar-refractivity contribution < 1.29 is 33.5 Å². The van der Waals surface area contributed by atoms with Gasteiger partial charge in [-0.05, 0) is 22.3 Å². The zero-order chi connectivity index (χ0) is 32.4. The highest BCUT2D eigenvalue weighted by atomic mass is 35.5. The predicted molar refractivity (Wildman–Crippen MR) is 180 cm³/mol.